The molecule has 0 atom stereocenters. The van der Waals surface area contributed by atoms with Gasteiger partial charge in [-0.25, -0.2) is 4.99 Å². The van der Waals surface area contributed by atoms with Gasteiger partial charge in [-0.3, -0.25) is 10.1 Å². The number of hydrogen-bond acceptors (Lipinski definition) is 5. The molecule has 0 saturated carbocycles. The minimum Gasteiger partial charge on any atom is -0.442 e. The number of hydrogen-bond donors (Lipinski definition) is 0. The van der Waals surface area contributed by atoms with Crippen LogP contribution in [0.5, 0.6) is 0 Å². The van der Waals surface area contributed by atoms with Crippen molar-refractivity contribution in [3.8, 4) is 6.07 Å². The quantitative estimate of drug-likeness (QED) is 0.484. The average molecular weight is 269 g/mol. The predicted octanol–water partition coefficient (Wildman–Crippen LogP) is 3.43. The Morgan fingerprint density at radius 1 is 1.45 bits per heavy atom. The number of nitro groups is 1. The van der Waals surface area contributed by atoms with Crippen molar-refractivity contribution in [2.75, 3.05) is 0 Å². The maximum Gasteiger partial charge on any atom is 0.270 e. The van der Waals surface area contributed by atoms with Crippen molar-refractivity contribution in [2.45, 2.75) is 13.8 Å². The monoisotopic (exact) mass is 269 g/mol. The molecule has 2 rings (SSSR count). The Hall–Kier alpha value is -2.94. The molecule has 2 aromatic rings. The van der Waals surface area contributed by atoms with E-state index in [9.17, 15) is 10.1 Å². The summed E-state index contributed by atoms with van der Waals surface area (Å²) in [5.41, 5.74) is 1.68. The third-order valence-electron chi connectivity index (χ3n) is 2.89. The molecule has 0 saturated heterocycles. The first-order valence-electron chi connectivity index (χ1n) is 5.81. The summed E-state index contributed by atoms with van der Waals surface area (Å²) in [4.78, 5) is 14.3. The zero-order valence-electron chi connectivity index (χ0n) is 11.0. The van der Waals surface area contributed by atoms with Gasteiger partial charge in [0.05, 0.1) is 4.92 Å². The van der Waals surface area contributed by atoms with E-state index in [4.69, 9.17) is 9.68 Å². The summed E-state index contributed by atoms with van der Waals surface area (Å²) < 4.78 is 5.38. The van der Waals surface area contributed by atoms with Gasteiger partial charge in [-0.15, -0.1) is 0 Å². The van der Waals surface area contributed by atoms with Gasteiger partial charge in [0, 0.05) is 23.9 Å². The number of nitro benzene ring substituents is 1. The molecule has 6 nitrogen and oxygen atoms in total. The van der Waals surface area contributed by atoms with Crippen LogP contribution in [0.1, 0.15) is 22.5 Å². The second-order valence-electron chi connectivity index (χ2n) is 4.19. The zero-order valence-corrected chi connectivity index (χ0v) is 11.0. The summed E-state index contributed by atoms with van der Waals surface area (Å²) in [6.07, 6.45) is 1.44. The van der Waals surface area contributed by atoms with Gasteiger partial charge >= 0.3 is 0 Å². The fourth-order valence-corrected chi connectivity index (χ4v) is 1.68. The number of aryl methyl sites for hydroxylation is 1. The first-order chi connectivity index (χ1) is 9.52. The minimum atomic E-state index is -0.473. The van der Waals surface area contributed by atoms with Gasteiger partial charge in [0.15, 0.2) is 0 Å². The first-order valence-corrected chi connectivity index (χ1v) is 5.81. The first kappa shape index (κ1) is 13.5. The molecule has 0 spiro atoms. The smallest absolute Gasteiger partial charge is 0.270 e. The molecule has 0 amide bonds. The Labute approximate surface area is 115 Å². The fraction of sp³-hybridized carbons (Fsp3) is 0.143. The van der Waals surface area contributed by atoms with Crippen LogP contribution in [-0.2, 0) is 0 Å². The zero-order chi connectivity index (χ0) is 14.7. The lowest BCUT2D eigenvalue weighted by Gasteiger charge is -1.93. The van der Waals surface area contributed by atoms with E-state index in [2.05, 4.69) is 4.99 Å². The Morgan fingerprint density at radius 3 is 2.85 bits per heavy atom. The van der Waals surface area contributed by atoms with E-state index in [1.807, 2.05) is 6.07 Å². The number of non-ortho nitro benzene ring substituents is 1. The standard InChI is InChI=1S/C14H11N3O3/c1-9-10(2)20-14(13(9)7-15)16-8-11-4-3-5-12(6-11)17(18)19/h3-6,8H,1-2H3. The summed E-state index contributed by atoms with van der Waals surface area (Å²) in [6.45, 7) is 3.53. The highest BCUT2D eigenvalue weighted by atomic mass is 16.6. The van der Waals surface area contributed by atoms with E-state index in [0.717, 1.165) is 5.56 Å². The van der Waals surface area contributed by atoms with Crippen LogP contribution in [0, 0.1) is 35.3 Å². The molecule has 0 aliphatic rings. The van der Waals surface area contributed by atoms with E-state index in [-0.39, 0.29) is 11.6 Å². The number of furan rings is 1. The van der Waals surface area contributed by atoms with Gasteiger partial charge in [0.2, 0.25) is 5.88 Å². The molecule has 0 bridgehead atoms. The molecule has 0 aliphatic heterocycles. The van der Waals surface area contributed by atoms with E-state index in [1.165, 1.54) is 18.3 Å². The SMILES string of the molecule is Cc1oc(N=Cc2cccc([N+](=O)[O-])c2)c(C#N)c1C. The fourth-order valence-electron chi connectivity index (χ4n) is 1.68. The normalized spacial score (nSPS) is 10.7. The van der Waals surface area contributed by atoms with Gasteiger partial charge in [0.25, 0.3) is 5.69 Å². The summed E-state index contributed by atoms with van der Waals surface area (Å²) in [7, 11) is 0. The third-order valence-corrected chi connectivity index (χ3v) is 2.89. The van der Waals surface area contributed by atoms with Crippen LogP contribution in [0.4, 0.5) is 11.6 Å². The van der Waals surface area contributed by atoms with E-state index in [1.54, 1.807) is 26.0 Å². The molecule has 1 aromatic heterocycles. The highest BCUT2D eigenvalue weighted by molar-refractivity contribution is 5.83. The maximum absolute atomic E-state index is 10.7. The van der Waals surface area contributed by atoms with Crippen LogP contribution in [0.2, 0.25) is 0 Å². The molecular weight excluding hydrogens is 258 g/mol. The Balaban J connectivity index is 2.35. The number of nitrogens with zero attached hydrogens (tertiary/aromatic N) is 3. The van der Waals surface area contributed by atoms with Crippen molar-refractivity contribution in [1.29, 1.82) is 5.26 Å². The maximum atomic E-state index is 10.7. The van der Waals surface area contributed by atoms with E-state index in [0.29, 0.717) is 16.9 Å². The molecule has 0 unspecified atom stereocenters. The van der Waals surface area contributed by atoms with Crippen LogP contribution in [0.15, 0.2) is 33.7 Å². The van der Waals surface area contributed by atoms with Crippen LogP contribution in [0.3, 0.4) is 0 Å². The molecule has 6 heteroatoms. The van der Waals surface area contributed by atoms with Crippen molar-refractivity contribution >= 4 is 17.8 Å². The van der Waals surface area contributed by atoms with Crippen molar-refractivity contribution in [2.24, 2.45) is 4.99 Å². The van der Waals surface area contributed by atoms with Crippen molar-refractivity contribution in [1.82, 2.24) is 0 Å². The Morgan fingerprint density at radius 2 is 2.20 bits per heavy atom. The van der Waals surface area contributed by atoms with Crippen LogP contribution in [0.25, 0.3) is 0 Å². The second-order valence-corrected chi connectivity index (χ2v) is 4.19. The number of rotatable bonds is 3. The van der Waals surface area contributed by atoms with Gasteiger partial charge in [-0.05, 0) is 19.4 Å². The van der Waals surface area contributed by atoms with Gasteiger partial charge in [-0.1, -0.05) is 12.1 Å². The molecule has 1 heterocycles. The summed E-state index contributed by atoms with van der Waals surface area (Å²) >= 11 is 0. The lowest BCUT2D eigenvalue weighted by atomic mass is 10.2. The summed E-state index contributed by atoms with van der Waals surface area (Å²) in [5, 5.41) is 19.7. The van der Waals surface area contributed by atoms with Crippen LogP contribution >= 0.6 is 0 Å². The second kappa shape index (κ2) is 5.36. The molecule has 0 radical (unpaired) electrons. The van der Waals surface area contributed by atoms with E-state index >= 15 is 0 Å². The summed E-state index contributed by atoms with van der Waals surface area (Å²) in [5.74, 6) is 0.849. The molecule has 1 aromatic carbocycles. The Kier molecular flexibility index (Phi) is 3.62. The van der Waals surface area contributed by atoms with Crippen molar-refractivity contribution in [3.63, 3.8) is 0 Å². The average Bonchev–Trinajstić information content (AvgIpc) is 2.71. The predicted molar refractivity (Wildman–Crippen MR) is 73.2 cm³/mol. The molecule has 0 N–H and O–H groups in total. The lowest BCUT2D eigenvalue weighted by molar-refractivity contribution is -0.384. The highest BCUT2D eigenvalue weighted by Gasteiger charge is 2.13. The van der Waals surface area contributed by atoms with Gasteiger partial charge in [0.1, 0.15) is 17.4 Å². The summed E-state index contributed by atoms with van der Waals surface area (Å²) in [6, 6.07) is 8.10. The molecule has 0 aliphatic carbocycles. The highest BCUT2D eigenvalue weighted by Crippen LogP contribution is 2.27. The molecule has 20 heavy (non-hydrogen) atoms. The lowest BCUT2D eigenvalue weighted by Crippen LogP contribution is -1.89. The van der Waals surface area contributed by atoms with Crippen molar-refractivity contribution in [3.05, 3.63) is 56.8 Å². The number of benzene rings is 1. The van der Waals surface area contributed by atoms with Gasteiger partial charge in [-0.2, -0.15) is 5.26 Å². The van der Waals surface area contributed by atoms with Gasteiger partial charge < -0.3 is 4.42 Å². The molecule has 100 valence electrons. The minimum absolute atomic E-state index is 0.0127. The number of aliphatic imine (C=N–C) groups is 1. The Bertz CT molecular complexity index is 739. The topological polar surface area (TPSA) is 92.4 Å². The molecular formula is C14H11N3O3. The third kappa shape index (κ3) is 2.57. The van der Waals surface area contributed by atoms with E-state index < -0.39 is 4.92 Å². The number of nitriles is 1. The van der Waals surface area contributed by atoms with Crippen LogP contribution in [-0.4, -0.2) is 11.1 Å². The molecule has 0 fully saturated rings. The largest absolute Gasteiger partial charge is 0.442 e. The van der Waals surface area contributed by atoms with Crippen molar-refractivity contribution < 1.29 is 9.34 Å². The van der Waals surface area contributed by atoms with Crippen LogP contribution < -0.4 is 0 Å².